The van der Waals surface area contributed by atoms with Crippen LogP contribution in [0.15, 0.2) is 29.2 Å². The molecular weight excluding hydrogens is 270 g/mol. The van der Waals surface area contributed by atoms with E-state index in [1.54, 1.807) is 6.26 Å². The molecule has 0 bridgehead atoms. The highest BCUT2D eigenvalue weighted by Gasteiger charge is 2.45. The zero-order valence-corrected chi connectivity index (χ0v) is 13.8. The molecule has 1 aliphatic rings. The zero-order chi connectivity index (χ0) is 15.0. The molecule has 1 fully saturated rings. The average Bonchev–Trinajstić information content (AvgIpc) is 2.54. The summed E-state index contributed by atoms with van der Waals surface area (Å²) in [5, 5.41) is 3.59. The molecule has 2 rings (SSSR count). The molecule has 1 aliphatic heterocycles. The first-order chi connectivity index (χ1) is 9.20. The molecule has 0 radical (unpaired) electrons. The quantitative estimate of drug-likeness (QED) is 0.928. The van der Waals surface area contributed by atoms with Gasteiger partial charge in [0.15, 0.2) is 0 Å². The van der Waals surface area contributed by atoms with Gasteiger partial charge < -0.3 is 10.1 Å². The lowest BCUT2D eigenvalue weighted by molar-refractivity contribution is -0.0699. The van der Waals surface area contributed by atoms with Crippen LogP contribution < -0.4 is 5.32 Å². The lowest BCUT2D eigenvalue weighted by Gasteiger charge is -2.28. The first-order valence-electron chi connectivity index (χ1n) is 7.05. The second kappa shape index (κ2) is 5.58. The van der Waals surface area contributed by atoms with Gasteiger partial charge in [-0.15, -0.1) is 0 Å². The van der Waals surface area contributed by atoms with Gasteiger partial charge in [0.2, 0.25) is 0 Å². The maximum absolute atomic E-state index is 11.4. The van der Waals surface area contributed by atoms with E-state index in [1.165, 1.54) is 5.56 Å². The van der Waals surface area contributed by atoms with Crippen molar-refractivity contribution in [1.82, 2.24) is 5.32 Å². The lowest BCUT2D eigenvalue weighted by atomic mass is 9.94. The molecule has 112 valence electrons. The minimum absolute atomic E-state index is 0.0653. The van der Waals surface area contributed by atoms with Crippen molar-refractivity contribution in [2.45, 2.75) is 62.8 Å². The lowest BCUT2D eigenvalue weighted by Crippen LogP contribution is -2.42. The monoisotopic (exact) mass is 295 g/mol. The van der Waals surface area contributed by atoms with E-state index in [2.05, 4.69) is 33.0 Å². The van der Waals surface area contributed by atoms with Crippen LogP contribution in [0, 0.1) is 0 Å². The van der Waals surface area contributed by atoms with Crippen LogP contribution in [0.4, 0.5) is 0 Å². The normalized spacial score (nSPS) is 25.6. The molecule has 2 atom stereocenters. The summed E-state index contributed by atoms with van der Waals surface area (Å²) in [6.45, 7) is 9.37. The van der Waals surface area contributed by atoms with Crippen LogP contribution in [0.2, 0.25) is 0 Å². The largest absolute Gasteiger partial charge is 0.368 e. The summed E-state index contributed by atoms with van der Waals surface area (Å²) in [5.74, 6) is 0. The molecule has 0 saturated carbocycles. The summed E-state index contributed by atoms with van der Waals surface area (Å²) >= 11 is 0. The predicted molar refractivity (Wildman–Crippen MR) is 83.3 cm³/mol. The van der Waals surface area contributed by atoms with Gasteiger partial charge in [-0.3, -0.25) is 4.21 Å². The summed E-state index contributed by atoms with van der Waals surface area (Å²) < 4.78 is 17.4. The Morgan fingerprint density at radius 2 is 1.85 bits per heavy atom. The van der Waals surface area contributed by atoms with Gasteiger partial charge >= 0.3 is 0 Å². The highest BCUT2D eigenvalue weighted by atomic mass is 32.2. The van der Waals surface area contributed by atoms with Crippen LogP contribution in [0.3, 0.4) is 0 Å². The molecule has 4 heteroatoms. The van der Waals surface area contributed by atoms with Crippen LogP contribution >= 0.6 is 0 Å². The Morgan fingerprint density at radius 3 is 2.30 bits per heavy atom. The number of ether oxygens (including phenoxy) is 1. The fourth-order valence-corrected chi connectivity index (χ4v) is 3.44. The van der Waals surface area contributed by atoms with E-state index in [1.807, 2.05) is 24.3 Å². The number of benzene rings is 1. The van der Waals surface area contributed by atoms with Gasteiger partial charge in [0.1, 0.15) is 0 Å². The minimum Gasteiger partial charge on any atom is -0.368 e. The van der Waals surface area contributed by atoms with Crippen molar-refractivity contribution in [2.24, 2.45) is 0 Å². The van der Waals surface area contributed by atoms with E-state index in [0.717, 1.165) is 17.9 Å². The van der Waals surface area contributed by atoms with Gasteiger partial charge in [-0.2, -0.15) is 0 Å². The topological polar surface area (TPSA) is 38.3 Å². The smallest absolute Gasteiger partial charge is 0.0787 e. The van der Waals surface area contributed by atoms with E-state index in [9.17, 15) is 4.21 Å². The fourth-order valence-electron chi connectivity index (χ4n) is 2.92. The second-order valence-corrected chi connectivity index (χ2v) is 8.08. The summed E-state index contributed by atoms with van der Waals surface area (Å²) in [4.78, 5) is 0.874. The van der Waals surface area contributed by atoms with Gasteiger partial charge in [0.05, 0.1) is 11.2 Å². The molecule has 1 N–H and O–H groups in total. The van der Waals surface area contributed by atoms with Gasteiger partial charge in [-0.05, 0) is 51.8 Å². The average molecular weight is 295 g/mol. The van der Waals surface area contributed by atoms with E-state index in [0.29, 0.717) is 6.04 Å². The Labute approximate surface area is 124 Å². The van der Waals surface area contributed by atoms with E-state index >= 15 is 0 Å². The van der Waals surface area contributed by atoms with Gasteiger partial charge in [0, 0.05) is 34.5 Å². The molecule has 1 saturated heterocycles. The third-order valence-electron chi connectivity index (χ3n) is 3.88. The van der Waals surface area contributed by atoms with Crippen LogP contribution in [-0.4, -0.2) is 27.7 Å². The van der Waals surface area contributed by atoms with Crippen LogP contribution in [0.25, 0.3) is 0 Å². The van der Waals surface area contributed by atoms with Gasteiger partial charge in [0.25, 0.3) is 0 Å². The summed E-state index contributed by atoms with van der Waals surface area (Å²) in [6, 6.07) is 8.30. The highest BCUT2D eigenvalue weighted by molar-refractivity contribution is 7.84. The molecule has 20 heavy (non-hydrogen) atoms. The molecule has 3 nitrogen and oxygen atoms in total. The van der Waals surface area contributed by atoms with Crippen molar-refractivity contribution < 1.29 is 8.95 Å². The SMILES string of the molecule is C[S@](=O)c1ccc(CN[C@@H]2CC(C)(C)OC2(C)C)cc1. The summed E-state index contributed by atoms with van der Waals surface area (Å²) in [5.41, 5.74) is 0.998. The van der Waals surface area contributed by atoms with Crippen molar-refractivity contribution >= 4 is 10.8 Å². The van der Waals surface area contributed by atoms with Gasteiger partial charge in [-0.1, -0.05) is 12.1 Å². The molecule has 0 unspecified atom stereocenters. The number of rotatable bonds is 4. The standard InChI is InChI=1S/C16H25NO2S/c1-15(2)10-14(16(3,4)19-15)17-11-12-6-8-13(9-7-12)20(5)18/h6-9,14,17H,10-11H2,1-5H3/t14-,20+/m1/s1. The third-order valence-corrected chi connectivity index (χ3v) is 4.82. The van der Waals surface area contributed by atoms with Crippen molar-refractivity contribution in [3.63, 3.8) is 0 Å². The Morgan fingerprint density at radius 1 is 1.25 bits per heavy atom. The van der Waals surface area contributed by atoms with Gasteiger partial charge in [-0.25, -0.2) is 0 Å². The molecule has 0 aliphatic carbocycles. The second-order valence-electron chi connectivity index (χ2n) is 6.70. The molecule has 1 aromatic rings. The number of hydrogen-bond acceptors (Lipinski definition) is 3. The van der Waals surface area contributed by atoms with E-state index < -0.39 is 10.8 Å². The van der Waals surface area contributed by atoms with Crippen molar-refractivity contribution in [3.8, 4) is 0 Å². The molecule has 0 spiro atoms. The Balaban J connectivity index is 1.97. The van der Waals surface area contributed by atoms with Crippen LogP contribution in [0.1, 0.15) is 39.7 Å². The van der Waals surface area contributed by atoms with E-state index in [-0.39, 0.29) is 11.2 Å². The molecule has 1 aromatic carbocycles. The van der Waals surface area contributed by atoms with Crippen molar-refractivity contribution in [2.75, 3.05) is 6.26 Å². The fraction of sp³-hybridized carbons (Fsp3) is 0.625. The van der Waals surface area contributed by atoms with Crippen molar-refractivity contribution in [1.29, 1.82) is 0 Å². The Hall–Kier alpha value is -0.710. The molecule has 0 amide bonds. The highest BCUT2D eigenvalue weighted by Crippen LogP contribution is 2.37. The minimum atomic E-state index is -0.906. The first kappa shape index (κ1) is 15.7. The summed E-state index contributed by atoms with van der Waals surface area (Å²) in [7, 11) is -0.906. The van der Waals surface area contributed by atoms with Crippen LogP contribution in [0.5, 0.6) is 0 Å². The zero-order valence-electron chi connectivity index (χ0n) is 13.0. The third kappa shape index (κ3) is 3.68. The van der Waals surface area contributed by atoms with E-state index in [4.69, 9.17) is 4.74 Å². The molecular formula is C16H25NO2S. The summed E-state index contributed by atoms with van der Waals surface area (Å²) in [6.07, 6.45) is 2.71. The number of hydrogen-bond donors (Lipinski definition) is 1. The molecule has 0 aromatic heterocycles. The molecule has 1 heterocycles. The number of nitrogens with one attached hydrogen (secondary N) is 1. The Kier molecular flexibility index (Phi) is 4.38. The maximum Gasteiger partial charge on any atom is 0.0787 e. The first-order valence-corrected chi connectivity index (χ1v) is 8.61. The maximum atomic E-state index is 11.4. The van der Waals surface area contributed by atoms with Crippen molar-refractivity contribution in [3.05, 3.63) is 29.8 Å². The van der Waals surface area contributed by atoms with Crippen LogP contribution in [-0.2, 0) is 22.1 Å². The Bertz CT molecular complexity index is 494. The predicted octanol–water partition coefficient (Wildman–Crippen LogP) is 2.86.